The summed E-state index contributed by atoms with van der Waals surface area (Å²) >= 11 is 0. The first kappa shape index (κ1) is 20.1. The van der Waals surface area contributed by atoms with Crippen LogP contribution in [0.1, 0.15) is 58.6 Å². The number of hydrogen-bond donors (Lipinski definition) is 0. The Bertz CT molecular complexity index is 791. The van der Waals surface area contributed by atoms with Crippen molar-refractivity contribution >= 4 is 0 Å². The van der Waals surface area contributed by atoms with Crippen molar-refractivity contribution in [1.29, 1.82) is 0 Å². The molecule has 1 unspecified atom stereocenters. The third kappa shape index (κ3) is 3.67. The van der Waals surface area contributed by atoms with Crippen molar-refractivity contribution in [2.24, 2.45) is 5.41 Å². The second kappa shape index (κ2) is 7.58. The molecule has 2 aromatic rings. The maximum Gasteiger partial charge on any atom is 0 e. The normalized spacial score (nSPS) is 19.3. The Morgan fingerprint density at radius 2 is 1.56 bits per heavy atom. The van der Waals surface area contributed by atoms with Gasteiger partial charge in [-0.3, -0.25) is 6.08 Å². The molecule has 0 saturated heterocycles. The third-order valence-corrected chi connectivity index (χ3v) is 5.60. The van der Waals surface area contributed by atoms with E-state index in [-0.39, 0.29) is 31.3 Å². The van der Waals surface area contributed by atoms with E-state index in [4.69, 9.17) is 0 Å². The second-order valence-electron chi connectivity index (χ2n) is 7.43. The summed E-state index contributed by atoms with van der Waals surface area (Å²) in [6.45, 7) is 13.2. The summed E-state index contributed by atoms with van der Waals surface area (Å²) in [6, 6.07) is 18.2. The first-order valence-corrected chi connectivity index (χ1v) is 8.73. The summed E-state index contributed by atoms with van der Waals surface area (Å²) < 4.78 is 0. The van der Waals surface area contributed by atoms with Crippen molar-refractivity contribution < 1.29 is 25.8 Å². The van der Waals surface area contributed by atoms with Gasteiger partial charge in [0.05, 0.1) is 0 Å². The predicted molar refractivity (Wildman–Crippen MR) is 103 cm³/mol. The van der Waals surface area contributed by atoms with Crippen LogP contribution in [-0.2, 0) is 25.8 Å². The number of fused-ring (bicyclic) bond motifs is 3. The Balaban J connectivity index is 0.000000184. The van der Waals surface area contributed by atoms with E-state index in [1.54, 1.807) is 0 Å². The van der Waals surface area contributed by atoms with Crippen LogP contribution in [0.4, 0.5) is 0 Å². The van der Waals surface area contributed by atoms with Crippen LogP contribution >= 0.6 is 0 Å². The molecule has 0 radical (unpaired) electrons. The molecule has 0 fully saturated rings. The zero-order valence-electron chi connectivity index (χ0n) is 16.1. The van der Waals surface area contributed by atoms with Crippen LogP contribution in [0.25, 0.3) is 11.1 Å². The minimum absolute atomic E-state index is 0. The summed E-state index contributed by atoms with van der Waals surface area (Å²) in [5, 5.41) is 0. The van der Waals surface area contributed by atoms with E-state index >= 15 is 0 Å². The fourth-order valence-electron chi connectivity index (χ4n) is 3.72. The van der Waals surface area contributed by atoms with Gasteiger partial charge >= 0.3 is 0 Å². The average molecular weight is 493 g/mol. The van der Waals surface area contributed by atoms with Gasteiger partial charge in [0.1, 0.15) is 0 Å². The van der Waals surface area contributed by atoms with E-state index in [0.717, 1.165) is 0 Å². The molecule has 1 atom stereocenters. The van der Waals surface area contributed by atoms with Gasteiger partial charge in [0.15, 0.2) is 0 Å². The van der Waals surface area contributed by atoms with Gasteiger partial charge in [-0.2, -0.15) is 35.4 Å². The van der Waals surface area contributed by atoms with Crippen molar-refractivity contribution in [2.75, 3.05) is 0 Å². The first-order valence-electron chi connectivity index (χ1n) is 8.73. The number of benzene rings is 2. The van der Waals surface area contributed by atoms with Crippen LogP contribution in [-0.4, -0.2) is 0 Å². The van der Waals surface area contributed by atoms with E-state index < -0.39 is 0 Å². The number of rotatable bonds is 0. The van der Waals surface area contributed by atoms with Gasteiger partial charge in [0.2, 0.25) is 0 Å². The Hall–Kier alpha value is -1.21. The molecule has 0 saturated carbocycles. The molecule has 0 aromatic heterocycles. The predicted octanol–water partition coefficient (Wildman–Crippen LogP) is 6.73. The molecule has 25 heavy (non-hydrogen) atoms. The van der Waals surface area contributed by atoms with E-state index in [9.17, 15) is 0 Å². The molecular formula is C24H26Hf-2. The Morgan fingerprint density at radius 1 is 0.920 bits per heavy atom. The van der Waals surface area contributed by atoms with Crippen LogP contribution in [0, 0.1) is 17.6 Å². The molecule has 128 valence electrons. The maximum atomic E-state index is 3.44. The molecule has 4 rings (SSSR count). The van der Waals surface area contributed by atoms with E-state index in [2.05, 4.69) is 90.1 Å². The van der Waals surface area contributed by atoms with Gasteiger partial charge in [0, 0.05) is 25.8 Å². The summed E-state index contributed by atoms with van der Waals surface area (Å²) in [4.78, 5) is 0. The minimum atomic E-state index is 0. The molecule has 0 nitrogen and oxygen atoms in total. The van der Waals surface area contributed by atoms with Crippen molar-refractivity contribution in [1.82, 2.24) is 0 Å². The van der Waals surface area contributed by atoms with Gasteiger partial charge in [-0.15, -0.1) is 18.1 Å². The molecular weight excluding hydrogens is 467 g/mol. The summed E-state index contributed by atoms with van der Waals surface area (Å²) in [7, 11) is 0. The summed E-state index contributed by atoms with van der Waals surface area (Å²) in [6.07, 6.45) is 3.44. The fourth-order valence-corrected chi connectivity index (χ4v) is 3.72. The van der Waals surface area contributed by atoms with Gasteiger partial charge in [-0.1, -0.05) is 69.9 Å². The Morgan fingerprint density at radius 3 is 2.12 bits per heavy atom. The molecule has 2 aliphatic carbocycles. The molecule has 2 aromatic carbocycles. The monoisotopic (exact) mass is 494 g/mol. The fraction of sp³-hybridized carbons (Fsp3) is 0.333. The molecule has 0 heterocycles. The largest absolute Gasteiger partial charge is 0.263 e. The van der Waals surface area contributed by atoms with Gasteiger partial charge in [-0.05, 0) is 11.5 Å². The minimum Gasteiger partial charge on any atom is -0.263 e. The Labute approximate surface area is 171 Å². The van der Waals surface area contributed by atoms with Crippen molar-refractivity contribution in [3.05, 3.63) is 82.5 Å². The topological polar surface area (TPSA) is 0 Å². The van der Waals surface area contributed by atoms with Crippen LogP contribution in [0.15, 0.2) is 59.2 Å². The molecule has 2 aliphatic rings. The van der Waals surface area contributed by atoms with Gasteiger partial charge in [-0.25, -0.2) is 5.57 Å². The van der Waals surface area contributed by atoms with Crippen molar-refractivity contribution in [3.8, 4) is 11.1 Å². The number of hydrogen-bond acceptors (Lipinski definition) is 0. The van der Waals surface area contributed by atoms with Gasteiger partial charge < -0.3 is 0 Å². The van der Waals surface area contributed by atoms with Crippen LogP contribution in [0.3, 0.4) is 0 Å². The molecule has 1 heteroatoms. The van der Waals surface area contributed by atoms with E-state index in [1.165, 1.54) is 39.0 Å². The van der Waals surface area contributed by atoms with E-state index in [0.29, 0.717) is 5.92 Å². The maximum absolute atomic E-state index is 3.44. The molecule has 0 spiro atoms. The zero-order valence-corrected chi connectivity index (χ0v) is 19.7. The van der Waals surface area contributed by atoms with Crippen molar-refractivity contribution in [2.45, 2.75) is 47.5 Å². The van der Waals surface area contributed by atoms with Gasteiger partial charge in [0.25, 0.3) is 0 Å². The number of allylic oxidation sites excluding steroid dienone is 4. The smallest absolute Gasteiger partial charge is 0 e. The van der Waals surface area contributed by atoms with Crippen LogP contribution in [0.5, 0.6) is 0 Å². The Kier molecular flexibility index (Phi) is 6.09. The molecule has 0 aliphatic heterocycles. The zero-order chi connectivity index (χ0) is 17.5. The first-order chi connectivity index (χ1) is 11.3. The molecule has 0 amide bonds. The van der Waals surface area contributed by atoms with Crippen LogP contribution < -0.4 is 0 Å². The average Bonchev–Trinajstić information content (AvgIpc) is 2.96. The molecule has 0 bridgehead atoms. The third-order valence-electron chi connectivity index (χ3n) is 5.60. The van der Waals surface area contributed by atoms with Crippen molar-refractivity contribution in [3.63, 3.8) is 0 Å². The van der Waals surface area contributed by atoms with E-state index in [1.807, 2.05) is 6.07 Å². The summed E-state index contributed by atoms with van der Waals surface area (Å²) in [5.74, 6) is 0.502. The SMILES string of the molecule is CC1=[C-]C(C)(C)C(C)=C1C.CC1c2[c-]cccc2-c2ccccc21.[Hf]. The van der Waals surface area contributed by atoms with Crippen LogP contribution in [0.2, 0.25) is 0 Å². The quantitative estimate of drug-likeness (QED) is 0.282. The summed E-state index contributed by atoms with van der Waals surface area (Å²) in [5.41, 5.74) is 9.91. The second-order valence-corrected chi connectivity index (χ2v) is 7.43. The molecule has 0 N–H and O–H groups in total. The standard InChI is InChI=1S/C14H11.C10H15.Hf/c1-10-11-6-2-4-8-13(11)14-9-5-3-7-12(10)14;1-7-6-10(4,5)9(3)8(7)2;/h2-6,8-10H,1H3;1-5H3;/q2*-1;.